The number of H-pyrrole nitrogens is 1. The number of aromatic nitrogens is 1. The third-order valence-corrected chi connectivity index (χ3v) is 4.06. The molecule has 1 aromatic rings. The van der Waals surface area contributed by atoms with E-state index in [1.807, 2.05) is 0 Å². The van der Waals surface area contributed by atoms with Crippen LogP contribution in [0.25, 0.3) is 0 Å². The van der Waals surface area contributed by atoms with Gasteiger partial charge in [-0.3, -0.25) is 4.90 Å². The highest BCUT2D eigenvalue weighted by molar-refractivity contribution is 7.71. The SMILES string of the molecule is CCCN1CCCC[C@H]1c1c[nH]c(=S)c(C)c1. The van der Waals surface area contributed by atoms with Crippen LogP contribution < -0.4 is 0 Å². The van der Waals surface area contributed by atoms with E-state index in [1.54, 1.807) is 0 Å². The summed E-state index contributed by atoms with van der Waals surface area (Å²) >= 11 is 5.23. The van der Waals surface area contributed by atoms with E-state index in [-0.39, 0.29) is 0 Å². The summed E-state index contributed by atoms with van der Waals surface area (Å²) in [5, 5.41) is 0. The highest BCUT2D eigenvalue weighted by atomic mass is 32.1. The van der Waals surface area contributed by atoms with Crippen LogP contribution in [-0.2, 0) is 0 Å². The summed E-state index contributed by atoms with van der Waals surface area (Å²) in [5.74, 6) is 0. The summed E-state index contributed by atoms with van der Waals surface area (Å²) in [5.41, 5.74) is 2.60. The average Bonchev–Trinajstić information content (AvgIpc) is 2.34. The summed E-state index contributed by atoms with van der Waals surface area (Å²) in [6, 6.07) is 2.85. The van der Waals surface area contributed by atoms with Crippen LogP contribution in [0.2, 0.25) is 0 Å². The van der Waals surface area contributed by atoms with E-state index < -0.39 is 0 Å². The molecule has 1 atom stereocenters. The molecule has 1 saturated heterocycles. The number of hydrogen-bond donors (Lipinski definition) is 1. The molecule has 1 aliphatic rings. The van der Waals surface area contributed by atoms with Crippen LogP contribution in [-0.4, -0.2) is 23.0 Å². The van der Waals surface area contributed by atoms with Gasteiger partial charge in [0.25, 0.3) is 0 Å². The fraction of sp³-hybridized carbons (Fsp3) is 0.643. The molecule has 17 heavy (non-hydrogen) atoms. The summed E-state index contributed by atoms with van der Waals surface area (Å²) in [6.07, 6.45) is 7.31. The minimum Gasteiger partial charge on any atom is -0.352 e. The Labute approximate surface area is 109 Å². The van der Waals surface area contributed by atoms with Gasteiger partial charge in [-0.25, -0.2) is 0 Å². The molecule has 3 heteroatoms. The third-order valence-electron chi connectivity index (χ3n) is 3.62. The van der Waals surface area contributed by atoms with E-state index in [2.05, 4.69) is 36.0 Å². The molecule has 1 aliphatic heterocycles. The molecule has 0 spiro atoms. The number of likely N-dealkylation sites (tertiary alicyclic amines) is 1. The van der Waals surface area contributed by atoms with Gasteiger partial charge in [-0.1, -0.05) is 31.6 Å². The predicted octanol–water partition coefficient (Wildman–Crippen LogP) is 3.99. The van der Waals surface area contributed by atoms with E-state index >= 15 is 0 Å². The van der Waals surface area contributed by atoms with E-state index in [9.17, 15) is 0 Å². The minimum atomic E-state index is 0.592. The minimum absolute atomic E-state index is 0.592. The van der Waals surface area contributed by atoms with Crippen molar-refractivity contribution in [1.29, 1.82) is 0 Å². The third kappa shape index (κ3) is 2.96. The number of hydrogen-bond acceptors (Lipinski definition) is 2. The fourth-order valence-electron chi connectivity index (χ4n) is 2.74. The van der Waals surface area contributed by atoms with Crippen molar-refractivity contribution >= 4 is 12.2 Å². The Morgan fingerprint density at radius 2 is 2.29 bits per heavy atom. The number of aromatic amines is 1. The van der Waals surface area contributed by atoms with Crippen molar-refractivity contribution in [2.24, 2.45) is 0 Å². The topological polar surface area (TPSA) is 19.0 Å². The summed E-state index contributed by atoms with van der Waals surface area (Å²) in [4.78, 5) is 5.84. The van der Waals surface area contributed by atoms with Gasteiger partial charge in [0.05, 0.1) is 0 Å². The lowest BCUT2D eigenvalue weighted by Crippen LogP contribution is -2.34. The van der Waals surface area contributed by atoms with E-state index in [1.165, 1.54) is 49.9 Å². The Hall–Kier alpha value is -0.670. The average molecular weight is 250 g/mol. The second-order valence-electron chi connectivity index (χ2n) is 4.99. The van der Waals surface area contributed by atoms with Gasteiger partial charge < -0.3 is 4.98 Å². The maximum atomic E-state index is 5.23. The van der Waals surface area contributed by atoms with Crippen LogP contribution in [0.5, 0.6) is 0 Å². The van der Waals surface area contributed by atoms with Crippen molar-refractivity contribution in [2.45, 2.75) is 45.6 Å². The summed E-state index contributed by atoms with van der Waals surface area (Å²) in [7, 11) is 0. The van der Waals surface area contributed by atoms with Crippen molar-refractivity contribution in [3.8, 4) is 0 Å². The van der Waals surface area contributed by atoms with Crippen LogP contribution in [0.4, 0.5) is 0 Å². The van der Waals surface area contributed by atoms with Gasteiger partial charge in [-0.15, -0.1) is 0 Å². The number of piperidine rings is 1. The highest BCUT2D eigenvalue weighted by Crippen LogP contribution is 2.30. The lowest BCUT2D eigenvalue weighted by Gasteiger charge is -2.35. The van der Waals surface area contributed by atoms with Crippen LogP contribution in [0.1, 0.15) is 49.8 Å². The lowest BCUT2D eigenvalue weighted by molar-refractivity contribution is 0.149. The van der Waals surface area contributed by atoms with E-state index in [4.69, 9.17) is 12.2 Å². The van der Waals surface area contributed by atoms with Crippen LogP contribution in [0, 0.1) is 11.6 Å². The molecule has 1 fully saturated rings. The van der Waals surface area contributed by atoms with Crippen molar-refractivity contribution in [3.63, 3.8) is 0 Å². The van der Waals surface area contributed by atoms with Crippen LogP contribution in [0.3, 0.4) is 0 Å². The Bertz CT molecular complexity index is 422. The van der Waals surface area contributed by atoms with Crippen molar-refractivity contribution in [3.05, 3.63) is 28.0 Å². The van der Waals surface area contributed by atoms with Crippen molar-refractivity contribution in [2.75, 3.05) is 13.1 Å². The maximum Gasteiger partial charge on any atom is 0.106 e. The molecular formula is C14H22N2S. The summed E-state index contributed by atoms with van der Waals surface area (Å²) in [6.45, 7) is 6.80. The molecule has 1 aromatic heterocycles. The van der Waals surface area contributed by atoms with Gasteiger partial charge in [-0.05, 0) is 50.4 Å². The first kappa shape index (κ1) is 12.8. The van der Waals surface area contributed by atoms with E-state index in [0.717, 1.165) is 4.64 Å². The first-order valence-electron chi connectivity index (χ1n) is 6.65. The summed E-state index contributed by atoms with van der Waals surface area (Å²) < 4.78 is 0.867. The first-order chi connectivity index (χ1) is 8.22. The molecule has 2 heterocycles. The lowest BCUT2D eigenvalue weighted by atomic mass is 9.95. The fourth-order valence-corrected chi connectivity index (χ4v) is 2.85. The molecular weight excluding hydrogens is 228 g/mol. The molecule has 0 unspecified atom stereocenters. The Balaban J connectivity index is 2.23. The Morgan fingerprint density at radius 1 is 1.47 bits per heavy atom. The van der Waals surface area contributed by atoms with Gasteiger partial charge in [0.2, 0.25) is 0 Å². The van der Waals surface area contributed by atoms with E-state index in [0.29, 0.717) is 6.04 Å². The van der Waals surface area contributed by atoms with Crippen molar-refractivity contribution < 1.29 is 0 Å². The standard InChI is InChI=1S/C14H22N2S/c1-3-7-16-8-5-4-6-13(16)12-9-11(2)14(17)15-10-12/h9-10,13H,3-8H2,1-2H3,(H,15,17)/t13-/m0/s1. The monoisotopic (exact) mass is 250 g/mol. The molecule has 0 bridgehead atoms. The smallest absolute Gasteiger partial charge is 0.106 e. The molecule has 0 aliphatic carbocycles. The number of rotatable bonds is 3. The highest BCUT2D eigenvalue weighted by Gasteiger charge is 2.23. The number of pyridine rings is 1. The number of nitrogens with zero attached hydrogens (tertiary/aromatic N) is 1. The second kappa shape index (κ2) is 5.78. The molecule has 0 amide bonds. The molecule has 0 saturated carbocycles. The number of aryl methyl sites for hydroxylation is 1. The molecule has 0 aromatic carbocycles. The zero-order valence-corrected chi connectivity index (χ0v) is 11.6. The van der Waals surface area contributed by atoms with Crippen molar-refractivity contribution in [1.82, 2.24) is 9.88 Å². The first-order valence-corrected chi connectivity index (χ1v) is 7.06. The maximum absolute atomic E-state index is 5.23. The largest absolute Gasteiger partial charge is 0.352 e. The Morgan fingerprint density at radius 3 is 3.00 bits per heavy atom. The number of nitrogens with one attached hydrogen (secondary N) is 1. The Kier molecular flexibility index (Phi) is 4.35. The van der Waals surface area contributed by atoms with Gasteiger partial charge in [0.15, 0.2) is 0 Å². The zero-order valence-electron chi connectivity index (χ0n) is 10.8. The van der Waals surface area contributed by atoms with Gasteiger partial charge in [-0.2, -0.15) is 0 Å². The molecule has 1 N–H and O–H groups in total. The van der Waals surface area contributed by atoms with Gasteiger partial charge >= 0.3 is 0 Å². The van der Waals surface area contributed by atoms with Crippen LogP contribution >= 0.6 is 12.2 Å². The zero-order chi connectivity index (χ0) is 12.3. The second-order valence-corrected chi connectivity index (χ2v) is 5.40. The molecule has 2 rings (SSSR count). The predicted molar refractivity (Wildman–Crippen MR) is 74.8 cm³/mol. The molecule has 0 radical (unpaired) electrons. The normalized spacial score (nSPS) is 21.6. The van der Waals surface area contributed by atoms with Gasteiger partial charge in [0, 0.05) is 12.2 Å². The molecule has 2 nitrogen and oxygen atoms in total. The molecule has 94 valence electrons. The quantitative estimate of drug-likeness (QED) is 0.818. The van der Waals surface area contributed by atoms with Crippen LogP contribution in [0.15, 0.2) is 12.3 Å². The van der Waals surface area contributed by atoms with Gasteiger partial charge in [0.1, 0.15) is 4.64 Å².